The number of ether oxygens (including phenoxy) is 1. The van der Waals surface area contributed by atoms with Crippen LogP contribution in [0.4, 0.5) is 0 Å². The minimum absolute atomic E-state index is 0.0228. The van der Waals surface area contributed by atoms with E-state index in [1.165, 1.54) is 11.8 Å². The molecule has 0 amide bonds. The number of thiophene rings is 1. The van der Waals surface area contributed by atoms with Gasteiger partial charge in [0.25, 0.3) is 5.56 Å². The lowest BCUT2D eigenvalue weighted by Crippen LogP contribution is -2.24. The molecule has 0 unspecified atom stereocenters. The Morgan fingerprint density at radius 1 is 1.21 bits per heavy atom. The summed E-state index contributed by atoms with van der Waals surface area (Å²) < 4.78 is 12.7. The molecule has 0 spiro atoms. The average molecular weight is 428 g/mol. The molecule has 0 aliphatic carbocycles. The van der Waals surface area contributed by atoms with Crippen molar-refractivity contribution in [1.82, 2.24) is 14.5 Å². The molecular formula is C21H21N3O3S2. The summed E-state index contributed by atoms with van der Waals surface area (Å²) in [4.78, 5) is 23.4. The predicted octanol–water partition coefficient (Wildman–Crippen LogP) is 4.75. The van der Waals surface area contributed by atoms with Crippen LogP contribution < -0.4 is 5.56 Å². The minimum Gasteiger partial charge on any atom is -0.440 e. The van der Waals surface area contributed by atoms with E-state index in [0.717, 1.165) is 22.8 Å². The van der Waals surface area contributed by atoms with Crippen molar-refractivity contribution in [1.29, 1.82) is 0 Å². The Labute approximate surface area is 176 Å². The zero-order chi connectivity index (χ0) is 20.2. The van der Waals surface area contributed by atoms with Crippen LogP contribution in [0.15, 0.2) is 56.1 Å². The third-order valence-electron chi connectivity index (χ3n) is 4.52. The molecule has 3 heterocycles. The fraction of sp³-hybridized carbons (Fsp3) is 0.286. The number of hydrogen-bond acceptors (Lipinski definition) is 7. The second kappa shape index (κ2) is 8.94. The van der Waals surface area contributed by atoms with E-state index in [4.69, 9.17) is 14.1 Å². The van der Waals surface area contributed by atoms with Gasteiger partial charge in [0.1, 0.15) is 5.76 Å². The molecule has 0 N–H and O–H groups in total. The van der Waals surface area contributed by atoms with Crippen molar-refractivity contribution >= 4 is 34.0 Å². The molecule has 0 saturated carbocycles. The number of hydrogen-bond donors (Lipinski definition) is 0. The number of thioether (sulfide) groups is 1. The van der Waals surface area contributed by atoms with Gasteiger partial charge in [-0.3, -0.25) is 9.36 Å². The number of nitrogens with zero attached hydrogens (tertiary/aromatic N) is 3. The molecule has 0 fully saturated rings. The average Bonchev–Trinajstić information content (AvgIpc) is 3.38. The summed E-state index contributed by atoms with van der Waals surface area (Å²) in [7, 11) is 1.66. The van der Waals surface area contributed by atoms with Crippen LogP contribution in [0.3, 0.4) is 0 Å². The Bertz CT molecular complexity index is 1170. The lowest BCUT2D eigenvalue weighted by molar-refractivity contribution is 0.189. The van der Waals surface area contributed by atoms with E-state index in [1.54, 1.807) is 23.0 Å². The van der Waals surface area contributed by atoms with Crippen LogP contribution in [-0.4, -0.2) is 28.3 Å². The quantitative estimate of drug-likeness (QED) is 0.230. The molecular weight excluding hydrogens is 406 g/mol. The van der Waals surface area contributed by atoms with E-state index in [0.29, 0.717) is 40.9 Å². The van der Waals surface area contributed by atoms with Gasteiger partial charge in [0.2, 0.25) is 5.89 Å². The Morgan fingerprint density at radius 3 is 2.86 bits per heavy atom. The van der Waals surface area contributed by atoms with Gasteiger partial charge >= 0.3 is 0 Å². The van der Waals surface area contributed by atoms with Crippen molar-refractivity contribution in [3.05, 3.63) is 63.6 Å². The predicted molar refractivity (Wildman–Crippen MR) is 117 cm³/mol. The Hall–Kier alpha value is -2.42. The maximum atomic E-state index is 13.0. The highest BCUT2D eigenvalue weighted by Crippen LogP contribution is 2.29. The van der Waals surface area contributed by atoms with Gasteiger partial charge in [-0.1, -0.05) is 30.0 Å². The SMILES string of the molecule is COCCCn1c(SCc2nc(-c3cccs3)oc2C)nc2ccccc2c1=O. The van der Waals surface area contributed by atoms with E-state index in [2.05, 4.69) is 4.98 Å². The van der Waals surface area contributed by atoms with Crippen LogP contribution >= 0.6 is 23.1 Å². The summed E-state index contributed by atoms with van der Waals surface area (Å²) in [6, 6.07) is 11.4. The van der Waals surface area contributed by atoms with E-state index in [1.807, 2.05) is 48.7 Å². The van der Waals surface area contributed by atoms with E-state index in [9.17, 15) is 4.79 Å². The third kappa shape index (κ3) is 4.29. The van der Waals surface area contributed by atoms with Crippen LogP contribution in [-0.2, 0) is 17.0 Å². The van der Waals surface area contributed by atoms with Crippen molar-refractivity contribution in [3.8, 4) is 10.8 Å². The van der Waals surface area contributed by atoms with Gasteiger partial charge in [0, 0.05) is 26.0 Å². The van der Waals surface area contributed by atoms with Gasteiger partial charge < -0.3 is 9.15 Å². The first kappa shape index (κ1) is 19.9. The van der Waals surface area contributed by atoms with Gasteiger partial charge in [-0.15, -0.1) is 11.3 Å². The number of fused-ring (bicyclic) bond motifs is 1. The zero-order valence-electron chi connectivity index (χ0n) is 16.3. The molecule has 0 aliphatic heterocycles. The van der Waals surface area contributed by atoms with Gasteiger partial charge in [0.05, 0.1) is 21.5 Å². The molecule has 0 aliphatic rings. The lowest BCUT2D eigenvalue weighted by Gasteiger charge is -2.12. The van der Waals surface area contributed by atoms with Gasteiger partial charge in [-0.05, 0) is 36.9 Å². The molecule has 4 aromatic rings. The first-order valence-corrected chi connectivity index (χ1v) is 11.2. The lowest BCUT2D eigenvalue weighted by atomic mass is 10.2. The molecule has 8 heteroatoms. The van der Waals surface area contributed by atoms with Gasteiger partial charge in [-0.2, -0.15) is 0 Å². The summed E-state index contributed by atoms with van der Waals surface area (Å²) in [5.41, 5.74) is 1.55. The van der Waals surface area contributed by atoms with Crippen molar-refractivity contribution in [2.75, 3.05) is 13.7 Å². The van der Waals surface area contributed by atoms with Crippen LogP contribution in [0.2, 0.25) is 0 Å². The molecule has 0 atom stereocenters. The van der Waals surface area contributed by atoms with Crippen LogP contribution in [0.25, 0.3) is 21.7 Å². The second-order valence-corrected chi connectivity index (χ2v) is 8.39. The number of methoxy groups -OCH3 is 1. The molecule has 1 aromatic carbocycles. The number of para-hydroxylation sites is 1. The first-order chi connectivity index (χ1) is 14.2. The first-order valence-electron chi connectivity index (χ1n) is 9.29. The van der Waals surface area contributed by atoms with Crippen molar-refractivity contribution in [3.63, 3.8) is 0 Å². The Morgan fingerprint density at radius 2 is 2.07 bits per heavy atom. The van der Waals surface area contributed by atoms with Gasteiger partial charge in [-0.25, -0.2) is 9.97 Å². The van der Waals surface area contributed by atoms with E-state index >= 15 is 0 Å². The molecule has 150 valence electrons. The largest absolute Gasteiger partial charge is 0.440 e. The number of aromatic nitrogens is 3. The highest BCUT2D eigenvalue weighted by atomic mass is 32.2. The Kier molecular flexibility index (Phi) is 6.13. The molecule has 3 aromatic heterocycles. The number of oxazole rings is 1. The van der Waals surface area contributed by atoms with E-state index in [-0.39, 0.29) is 5.56 Å². The normalized spacial score (nSPS) is 11.4. The van der Waals surface area contributed by atoms with Crippen molar-refractivity contribution in [2.45, 2.75) is 30.8 Å². The molecule has 4 rings (SSSR count). The van der Waals surface area contributed by atoms with Crippen LogP contribution in [0.5, 0.6) is 0 Å². The highest BCUT2D eigenvalue weighted by molar-refractivity contribution is 7.98. The summed E-state index contributed by atoms with van der Waals surface area (Å²) >= 11 is 3.10. The summed E-state index contributed by atoms with van der Waals surface area (Å²) in [5, 5.41) is 3.32. The smallest absolute Gasteiger partial charge is 0.262 e. The van der Waals surface area contributed by atoms with Crippen molar-refractivity contribution in [2.24, 2.45) is 0 Å². The van der Waals surface area contributed by atoms with Crippen LogP contribution in [0, 0.1) is 6.92 Å². The van der Waals surface area contributed by atoms with Crippen LogP contribution in [0.1, 0.15) is 17.9 Å². The summed E-state index contributed by atoms with van der Waals surface area (Å²) in [5.74, 6) is 2.00. The van der Waals surface area contributed by atoms with Gasteiger partial charge in [0.15, 0.2) is 5.16 Å². The minimum atomic E-state index is -0.0228. The monoisotopic (exact) mass is 427 g/mol. The number of aryl methyl sites for hydroxylation is 1. The fourth-order valence-electron chi connectivity index (χ4n) is 3.02. The van der Waals surface area contributed by atoms with Crippen molar-refractivity contribution < 1.29 is 9.15 Å². The maximum Gasteiger partial charge on any atom is 0.262 e. The fourth-order valence-corrected chi connectivity index (χ4v) is 4.70. The Balaban J connectivity index is 1.63. The number of benzene rings is 1. The topological polar surface area (TPSA) is 70.2 Å². The second-order valence-electron chi connectivity index (χ2n) is 6.50. The summed E-state index contributed by atoms with van der Waals surface area (Å²) in [6.45, 7) is 3.07. The molecule has 29 heavy (non-hydrogen) atoms. The molecule has 0 saturated heterocycles. The van der Waals surface area contributed by atoms with E-state index < -0.39 is 0 Å². The zero-order valence-corrected chi connectivity index (χ0v) is 17.9. The molecule has 0 radical (unpaired) electrons. The highest BCUT2D eigenvalue weighted by Gasteiger charge is 2.16. The maximum absolute atomic E-state index is 13.0. The number of rotatable bonds is 8. The standard InChI is InChI=1S/C21H21N3O3S2/c1-14-17(22-19(27-14)18-9-5-12-28-18)13-29-21-23-16-8-4-3-7-15(16)20(25)24(21)10-6-11-26-2/h3-5,7-9,12H,6,10-11,13H2,1-2H3. The molecule has 6 nitrogen and oxygen atoms in total. The third-order valence-corrected chi connectivity index (χ3v) is 6.36. The molecule has 0 bridgehead atoms. The summed E-state index contributed by atoms with van der Waals surface area (Å²) in [6.07, 6.45) is 0.746.